The third kappa shape index (κ3) is 4.94. The Balaban J connectivity index is 2.48. The summed E-state index contributed by atoms with van der Waals surface area (Å²) in [5, 5.41) is 10.4. The van der Waals surface area contributed by atoms with Gasteiger partial charge in [-0.1, -0.05) is 44.9 Å². The van der Waals surface area contributed by atoms with Crippen LogP contribution in [-0.4, -0.2) is 41.8 Å². The van der Waals surface area contributed by atoms with E-state index in [1.807, 2.05) is 19.9 Å². The average Bonchev–Trinajstić information content (AvgIpc) is 3.08. The lowest BCUT2D eigenvalue weighted by Gasteiger charge is -2.24. The normalized spacial score (nSPS) is 16.0. The molecule has 0 fully saturated rings. The van der Waals surface area contributed by atoms with Gasteiger partial charge in [0.1, 0.15) is 11.6 Å². The zero-order chi connectivity index (χ0) is 21.6. The van der Waals surface area contributed by atoms with Crippen LogP contribution >= 0.6 is 11.3 Å². The molecule has 0 bridgehead atoms. The van der Waals surface area contributed by atoms with Gasteiger partial charge in [0.05, 0.1) is 10.6 Å². The van der Waals surface area contributed by atoms with E-state index in [9.17, 15) is 14.9 Å². The highest BCUT2D eigenvalue weighted by Gasteiger charge is 2.34. The van der Waals surface area contributed by atoms with Crippen molar-refractivity contribution in [2.75, 3.05) is 25.0 Å². The monoisotopic (exact) mass is 414 g/mol. The molecule has 0 N–H and O–H groups in total. The van der Waals surface area contributed by atoms with Crippen LogP contribution in [0, 0.1) is 18.3 Å². The summed E-state index contributed by atoms with van der Waals surface area (Å²) in [5.41, 5.74) is 1.84. The molecule has 2 rings (SSSR count). The van der Waals surface area contributed by atoms with E-state index in [1.54, 1.807) is 17.4 Å². The summed E-state index contributed by atoms with van der Waals surface area (Å²) in [6.07, 6.45) is 6.72. The molecule has 1 aliphatic heterocycles. The molecule has 156 valence electrons. The second kappa shape index (κ2) is 10.4. The van der Waals surface area contributed by atoms with Crippen molar-refractivity contribution >= 4 is 34.4 Å². The lowest BCUT2D eigenvalue weighted by atomic mass is 9.92. The number of aromatic nitrogens is 1. The van der Waals surface area contributed by atoms with Crippen molar-refractivity contribution in [3.63, 3.8) is 0 Å². The lowest BCUT2D eigenvalue weighted by molar-refractivity contribution is -0.138. The zero-order valence-electron chi connectivity index (χ0n) is 18.0. The Morgan fingerprint density at radius 1 is 1.14 bits per heavy atom. The van der Waals surface area contributed by atoms with Crippen molar-refractivity contribution in [2.24, 2.45) is 0 Å². The van der Waals surface area contributed by atoms with E-state index in [0.717, 1.165) is 59.4 Å². The molecule has 0 unspecified atom stereocenters. The van der Waals surface area contributed by atoms with Gasteiger partial charge in [0.15, 0.2) is 5.13 Å². The second-order valence-corrected chi connectivity index (χ2v) is 8.20. The van der Waals surface area contributed by atoms with E-state index in [-0.39, 0.29) is 11.5 Å². The average molecular weight is 415 g/mol. The summed E-state index contributed by atoms with van der Waals surface area (Å²) < 4.78 is 0. The Bertz CT molecular complexity index is 868. The Morgan fingerprint density at radius 2 is 1.76 bits per heavy atom. The van der Waals surface area contributed by atoms with Crippen molar-refractivity contribution in [1.29, 1.82) is 5.26 Å². The van der Waals surface area contributed by atoms with E-state index in [2.05, 4.69) is 18.7 Å². The predicted octanol–water partition coefficient (Wildman–Crippen LogP) is 4.47. The van der Waals surface area contributed by atoms with Gasteiger partial charge in [-0.2, -0.15) is 5.26 Å². The van der Waals surface area contributed by atoms with Crippen LogP contribution in [0.15, 0.2) is 16.7 Å². The van der Waals surface area contributed by atoms with Gasteiger partial charge in [0.25, 0.3) is 11.8 Å². The van der Waals surface area contributed by atoms with E-state index >= 15 is 0 Å². The number of aryl methyl sites for hydroxylation is 1. The van der Waals surface area contributed by atoms with Crippen LogP contribution in [0.2, 0.25) is 0 Å². The van der Waals surface area contributed by atoms with Crippen molar-refractivity contribution in [1.82, 2.24) is 9.88 Å². The van der Waals surface area contributed by atoms with Crippen LogP contribution in [0.25, 0.3) is 6.08 Å². The molecule has 0 spiro atoms. The van der Waals surface area contributed by atoms with Gasteiger partial charge < -0.3 is 4.90 Å². The minimum atomic E-state index is -0.529. The number of likely N-dealkylation sites (N-methyl/N-ethyl adjacent to an activating group) is 1. The summed E-state index contributed by atoms with van der Waals surface area (Å²) in [6.45, 7) is 10.1. The van der Waals surface area contributed by atoms with Gasteiger partial charge in [-0.05, 0) is 37.8 Å². The number of rotatable bonds is 9. The number of carbonyl (C=O) groups is 2. The molecule has 0 atom stereocenters. The fraction of sp³-hybridized carbons (Fsp3) is 0.545. The SMILES string of the molecule is CCCCN(CCCC)c1nc(C)c(C=C2C(=O)N(C)C(=O)C(C#N)=C2CC)s1. The largest absolute Gasteiger partial charge is 0.348 e. The Labute approximate surface area is 177 Å². The molecule has 6 nitrogen and oxygen atoms in total. The molecule has 0 aliphatic carbocycles. The molecular formula is C22H30N4O2S. The first-order chi connectivity index (χ1) is 13.9. The number of hydrogen-bond acceptors (Lipinski definition) is 6. The van der Waals surface area contributed by atoms with Crippen LogP contribution in [0.3, 0.4) is 0 Å². The standard InChI is InChI=1S/C22H30N4O2S/c1-6-9-11-26(12-10-7-2)22-24-15(4)19(29-22)13-17-16(8-3)18(14-23)21(28)25(5)20(17)27/h13H,6-12H2,1-5H3. The number of nitrogens with zero attached hydrogens (tertiary/aromatic N) is 4. The molecule has 0 saturated carbocycles. The fourth-order valence-corrected chi connectivity index (χ4v) is 4.32. The van der Waals surface area contributed by atoms with Gasteiger partial charge in [-0.3, -0.25) is 14.5 Å². The van der Waals surface area contributed by atoms with Crippen LogP contribution in [-0.2, 0) is 9.59 Å². The molecular weight excluding hydrogens is 384 g/mol. The first-order valence-corrected chi connectivity index (χ1v) is 11.1. The van der Waals surface area contributed by atoms with Crippen LogP contribution < -0.4 is 4.90 Å². The van der Waals surface area contributed by atoms with E-state index in [1.165, 1.54) is 7.05 Å². The van der Waals surface area contributed by atoms with Gasteiger partial charge in [0.2, 0.25) is 0 Å². The highest BCUT2D eigenvalue weighted by molar-refractivity contribution is 7.16. The van der Waals surface area contributed by atoms with Gasteiger partial charge in [-0.15, -0.1) is 0 Å². The van der Waals surface area contributed by atoms with Crippen LogP contribution in [0.5, 0.6) is 0 Å². The lowest BCUT2D eigenvalue weighted by Crippen LogP contribution is -2.39. The quantitative estimate of drug-likeness (QED) is 0.440. The van der Waals surface area contributed by atoms with Crippen LogP contribution in [0.1, 0.15) is 63.4 Å². The Hall–Kier alpha value is -2.46. The molecule has 2 heterocycles. The topological polar surface area (TPSA) is 77.3 Å². The van der Waals surface area contributed by atoms with Crippen molar-refractivity contribution < 1.29 is 9.59 Å². The summed E-state index contributed by atoms with van der Waals surface area (Å²) in [7, 11) is 1.42. The Morgan fingerprint density at radius 3 is 2.28 bits per heavy atom. The predicted molar refractivity (Wildman–Crippen MR) is 118 cm³/mol. The summed E-state index contributed by atoms with van der Waals surface area (Å²) >= 11 is 1.56. The highest BCUT2D eigenvalue weighted by Crippen LogP contribution is 2.33. The number of imide groups is 1. The number of carbonyl (C=O) groups excluding carboxylic acids is 2. The number of anilines is 1. The minimum Gasteiger partial charge on any atom is -0.348 e. The first-order valence-electron chi connectivity index (χ1n) is 10.3. The maximum atomic E-state index is 12.8. The van der Waals surface area contributed by atoms with Crippen LogP contribution in [0.4, 0.5) is 5.13 Å². The van der Waals surface area contributed by atoms with E-state index < -0.39 is 5.91 Å². The fourth-order valence-electron chi connectivity index (χ4n) is 3.26. The molecule has 0 aromatic carbocycles. The molecule has 0 radical (unpaired) electrons. The van der Waals surface area contributed by atoms with Gasteiger partial charge in [-0.25, -0.2) is 4.98 Å². The van der Waals surface area contributed by atoms with E-state index in [4.69, 9.17) is 4.98 Å². The minimum absolute atomic E-state index is 0.0516. The maximum absolute atomic E-state index is 12.8. The third-order valence-corrected chi connectivity index (χ3v) is 6.24. The van der Waals surface area contributed by atoms with E-state index in [0.29, 0.717) is 17.6 Å². The molecule has 1 aliphatic rings. The van der Waals surface area contributed by atoms with Gasteiger partial charge >= 0.3 is 0 Å². The molecule has 1 aromatic rings. The summed E-state index contributed by atoms with van der Waals surface area (Å²) in [6, 6.07) is 1.98. The first kappa shape index (κ1) is 22.8. The maximum Gasteiger partial charge on any atom is 0.271 e. The Kier molecular flexibility index (Phi) is 8.15. The summed E-state index contributed by atoms with van der Waals surface area (Å²) in [5.74, 6) is -0.896. The third-order valence-electron chi connectivity index (χ3n) is 5.08. The van der Waals surface area contributed by atoms with Crippen molar-refractivity contribution in [3.8, 4) is 6.07 Å². The number of hydrogen-bond donors (Lipinski definition) is 0. The number of amides is 2. The molecule has 2 amide bonds. The molecule has 29 heavy (non-hydrogen) atoms. The zero-order valence-corrected chi connectivity index (χ0v) is 18.9. The number of nitriles is 1. The second-order valence-electron chi connectivity index (χ2n) is 7.19. The van der Waals surface area contributed by atoms with Gasteiger partial charge in [0, 0.05) is 25.7 Å². The molecule has 0 saturated heterocycles. The smallest absolute Gasteiger partial charge is 0.271 e. The molecule has 1 aromatic heterocycles. The molecule has 7 heteroatoms. The summed E-state index contributed by atoms with van der Waals surface area (Å²) in [4.78, 5) is 34.0. The number of thiazole rings is 1. The van der Waals surface area contributed by atoms with Crippen molar-refractivity contribution in [2.45, 2.75) is 59.8 Å². The van der Waals surface area contributed by atoms with Crippen molar-refractivity contribution in [3.05, 3.63) is 27.3 Å². The number of unbranched alkanes of at least 4 members (excludes halogenated alkanes) is 2. The highest BCUT2D eigenvalue weighted by atomic mass is 32.1.